The first-order valence-corrected chi connectivity index (χ1v) is 6.91. The van der Waals surface area contributed by atoms with Gasteiger partial charge in [0.1, 0.15) is 5.82 Å². The average Bonchev–Trinajstić information content (AvgIpc) is 2.31. The van der Waals surface area contributed by atoms with Crippen LogP contribution in [0, 0.1) is 5.82 Å². The van der Waals surface area contributed by atoms with Crippen LogP contribution in [0.4, 0.5) is 4.39 Å². The minimum absolute atomic E-state index is 0.168. The minimum Gasteiger partial charge on any atom is -0.207 e. The van der Waals surface area contributed by atoms with Gasteiger partial charge in [-0.05, 0) is 42.5 Å². The first-order chi connectivity index (χ1) is 7.77. The van der Waals surface area contributed by atoms with Crippen LogP contribution in [-0.2, 0) is 0 Å². The smallest absolute Gasteiger partial charge is 0.123 e. The number of allylic oxidation sites excluding steroid dienone is 2. The van der Waals surface area contributed by atoms with E-state index in [9.17, 15) is 4.39 Å². The van der Waals surface area contributed by atoms with E-state index in [1.807, 2.05) is 12.1 Å². The van der Waals surface area contributed by atoms with Crippen molar-refractivity contribution >= 4 is 21.5 Å². The molecule has 1 aromatic carbocycles. The molecular formula is C14H18BrF. The Bertz CT molecular complexity index is 327. The van der Waals surface area contributed by atoms with Gasteiger partial charge in [0.2, 0.25) is 0 Å². The fraction of sp³-hybridized carbons (Fsp3) is 0.429. The Morgan fingerprint density at radius 3 is 2.56 bits per heavy atom. The number of unbranched alkanes of at least 4 members (excludes halogenated alkanes) is 1. The molecule has 0 amide bonds. The third-order valence-corrected chi connectivity index (χ3v) is 2.97. The van der Waals surface area contributed by atoms with Gasteiger partial charge in [0.05, 0.1) is 0 Å². The molecule has 0 saturated heterocycles. The van der Waals surface area contributed by atoms with E-state index in [0.29, 0.717) is 0 Å². The molecule has 0 heterocycles. The van der Waals surface area contributed by atoms with Crippen LogP contribution in [0.1, 0.15) is 38.2 Å². The highest BCUT2D eigenvalue weighted by atomic mass is 79.9. The molecule has 0 bridgehead atoms. The SMILES string of the molecule is CCCC/C(=C\CCBr)c1ccc(F)cc1. The molecule has 0 unspecified atom stereocenters. The van der Waals surface area contributed by atoms with Gasteiger partial charge in [-0.25, -0.2) is 4.39 Å². The Labute approximate surface area is 106 Å². The molecule has 0 nitrogen and oxygen atoms in total. The second-order valence-corrected chi connectivity index (χ2v) is 4.61. The molecule has 0 aliphatic carbocycles. The average molecular weight is 285 g/mol. The highest BCUT2D eigenvalue weighted by Crippen LogP contribution is 2.22. The molecule has 0 aliphatic rings. The fourth-order valence-corrected chi connectivity index (χ4v) is 1.85. The van der Waals surface area contributed by atoms with Gasteiger partial charge < -0.3 is 0 Å². The lowest BCUT2D eigenvalue weighted by molar-refractivity contribution is 0.627. The molecule has 88 valence electrons. The van der Waals surface area contributed by atoms with E-state index >= 15 is 0 Å². The van der Waals surface area contributed by atoms with E-state index in [2.05, 4.69) is 28.9 Å². The Balaban J connectivity index is 2.78. The Kier molecular flexibility index (Phi) is 6.39. The summed E-state index contributed by atoms with van der Waals surface area (Å²) in [6.45, 7) is 2.19. The lowest BCUT2D eigenvalue weighted by atomic mass is 9.99. The predicted octanol–water partition coefficient (Wildman–Crippen LogP) is 5.18. The third-order valence-electron chi connectivity index (χ3n) is 2.51. The van der Waals surface area contributed by atoms with E-state index in [1.165, 1.54) is 30.5 Å². The molecule has 1 rings (SSSR count). The van der Waals surface area contributed by atoms with Crippen molar-refractivity contribution in [3.63, 3.8) is 0 Å². The van der Waals surface area contributed by atoms with Crippen molar-refractivity contribution in [1.29, 1.82) is 0 Å². The fourth-order valence-electron chi connectivity index (χ4n) is 1.62. The monoisotopic (exact) mass is 284 g/mol. The van der Waals surface area contributed by atoms with Crippen molar-refractivity contribution in [2.24, 2.45) is 0 Å². The molecular weight excluding hydrogens is 267 g/mol. The number of rotatable bonds is 6. The van der Waals surface area contributed by atoms with Crippen LogP contribution in [0.25, 0.3) is 5.57 Å². The zero-order valence-corrected chi connectivity index (χ0v) is 11.3. The maximum absolute atomic E-state index is 12.8. The molecule has 0 spiro atoms. The van der Waals surface area contributed by atoms with E-state index in [0.717, 1.165) is 23.7 Å². The molecule has 0 aromatic heterocycles. The van der Waals surface area contributed by atoms with Crippen molar-refractivity contribution in [2.75, 3.05) is 5.33 Å². The summed E-state index contributed by atoms with van der Waals surface area (Å²) in [5, 5.41) is 0.976. The van der Waals surface area contributed by atoms with Gasteiger partial charge in [0.25, 0.3) is 0 Å². The molecule has 0 atom stereocenters. The van der Waals surface area contributed by atoms with Crippen LogP contribution in [0.5, 0.6) is 0 Å². The summed E-state index contributed by atoms with van der Waals surface area (Å²) >= 11 is 3.43. The summed E-state index contributed by atoms with van der Waals surface area (Å²) in [5.74, 6) is -0.168. The van der Waals surface area contributed by atoms with Crippen molar-refractivity contribution < 1.29 is 4.39 Å². The zero-order chi connectivity index (χ0) is 11.8. The van der Waals surface area contributed by atoms with Crippen molar-refractivity contribution in [3.05, 3.63) is 41.7 Å². The molecule has 0 fully saturated rings. The van der Waals surface area contributed by atoms with Crippen LogP contribution in [0.2, 0.25) is 0 Å². The molecule has 0 N–H and O–H groups in total. The highest BCUT2D eigenvalue weighted by Gasteiger charge is 2.01. The third kappa shape index (κ3) is 4.48. The van der Waals surface area contributed by atoms with E-state index < -0.39 is 0 Å². The molecule has 16 heavy (non-hydrogen) atoms. The van der Waals surface area contributed by atoms with E-state index in [-0.39, 0.29) is 5.82 Å². The quantitative estimate of drug-likeness (QED) is 0.631. The van der Waals surface area contributed by atoms with Gasteiger partial charge in [-0.3, -0.25) is 0 Å². The maximum atomic E-state index is 12.8. The maximum Gasteiger partial charge on any atom is 0.123 e. The summed E-state index contributed by atoms with van der Waals surface area (Å²) in [7, 11) is 0. The summed E-state index contributed by atoms with van der Waals surface area (Å²) < 4.78 is 12.8. The molecule has 0 radical (unpaired) electrons. The second-order valence-electron chi connectivity index (χ2n) is 3.82. The largest absolute Gasteiger partial charge is 0.207 e. The van der Waals surface area contributed by atoms with E-state index in [4.69, 9.17) is 0 Å². The highest BCUT2D eigenvalue weighted by molar-refractivity contribution is 9.09. The Morgan fingerprint density at radius 2 is 2.00 bits per heavy atom. The summed E-state index contributed by atoms with van der Waals surface area (Å²) in [6, 6.07) is 6.79. The number of alkyl halides is 1. The van der Waals surface area contributed by atoms with Gasteiger partial charge in [-0.2, -0.15) is 0 Å². The Morgan fingerprint density at radius 1 is 1.31 bits per heavy atom. The van der Waals surface area contributed by atoms with E-state index in [1.54, 1.807) is 0 Å². The summed E-state index contributed by atoms with van der Waals surface area (Å²) in [4.78, 5) is 0. The lowest BCUT2D eigenvalue weighted by Crippen LogP contribution is -1.87. The summed E-state index contributed by atoms with van der Waals surface area (Å²) in [5.41, 5.74) is 2.48. The first-order valence-electron chi connectivity index (χ1n) is 5.79. The van der Waals surface area contributed by atoms with Crippen molar-refractivity contribution in [1.82, 2.24) is 0 Å². The van der Waals surface area contributed by atoms with Gasteiger partial charge >= 0.3 is 0 Å². The van der Waals surface area contributed by atoms with Crippen LogP contribution < -0.4 is 0 Å². The normalized spacial score (nSPS) is 11.8. The van der Waals surface area contributed by atoms with Crippen molar-refractivity contribution in [2.45, 2.75) is 32.6 Å². The van der Waals surface area contributed by atoms with Crippen LogP contribution in [-0.4, -0.2) is 5.33 Å². The standard InChI is InChI=1S/C14H18BrF/c1-2-3-5-12(6-4-11-15)13-7-9-14(16)10-8-13/h6-10H,2-5,11H2,1H3/b12-6+. The molecule has 0 saturated carbocycles. The minimum atomic E-state index is -0.168. The second kappa shape index (κ2) is 7.61. The number of hydrogen-bond donors (Lipinski definition) is 0. The van der Waals surface area contributed by atoms with Gasteiger partial charge in [0, 0.05) is 5.33 Å². The van der Waals surface area contributed by atoms with Gasteiger partial charge in [-0.15, -0.1) is 0 Å². The van der Waals surface area contributed by atoms with Gasteiger partial charge in [-0.1, -0.05) is 47.5 Å². The number of benzene rings is 1. The molecule has 0 aliphatic heterocycles. The topological polar surface area (TPSA) is 0 Å². The van der Waals surface area contributed by atoms with Crippen molar-refractivity contribution in [3.8, 4) is 0 Å². The first kappa shape index (κ1) is 13.4. The van der Waals surface area contributed by atoms with Crippen LogP contribution in [0.15, 0.2) is 30.3 Å². The Hall–Kier alpha value is -0.630. The zero-order valence-electron chi connectivity index (χ0n) is 9.68. The summed E-state index contributed by atoms with van der Waals surface area (Å²) in [6.07, 6.45) is 6.72. The lowest BCUT2D eigenvalue weighted by Gasteiger charge is -2.07. The molecule has 2 heteroatoms. The number of hydrogen-bond acceptors (Lipinski definition) is 0. The molecule has 1 aromatic rings. The van der Waals surface area contributed by atoms with Gasteiger partial charge in [0.15, 0.2) is 0 Å². The van der Waals surface area contributed by atoms with Crippen LogP contribution in [0.3, 0.4) is 0 Å². The predicted molar refractivity (Wildman–Crippen MR) is 72.3 cm³/mol. The van der Waals surface area contributed by atoms with Crippen LogP contribution >= 0.6 is 15.9 Å². The number of halogens is 2.